The van der Waals surface area contributed by atoms with E-state index in [1.54, 1.807) is 11.3 Å². The molecule has 24 heavy (non-hydrogen) atoms. The van der Waals surface area contributed by atoms with Gasteiger partial charge in [-0.25, -0.2) is 0 Å². The highest BCUT2D eigenvalue weighted by atomic mass is 32.1. The number of nitrogens with zero attached hydrogens (tertiary/aromatic N) is 2. The van der Waals surface area contributed by atoms with Gasteiger partial charge < -0.3 is 4.42 Å². The predicted molar refractivity (Wildman–Crippen MR) is 94.3 cm³/mol. The molecule has 0 unspecified atom stereocenters. The van der Waals surface area contributed by atoms with Gasteiger partial charge in [0.1, 0.15) is 0 Å². The minimum atomic E-state index is -0.168. The number of aromatic nitrogens is 2. The summed E-state index contributed by atoms with van der Waals surface area (Å²) < 4.78 is 5.47. The second kappa shape index (κ2) is 7.40. The topological polar surface area (TPSA) is 68.0 Å². The first-order valence-corrected chi connectivity index (χ1v) is 8.71. The molecule has 1 aromatic carbocycles. The number of amides is 1. The average Bonchev–Trinajstić information content (AvgIpc) is 3.20. The van der Waals surface area contributed by atoms with Gasteiger partial charge in [-0.2, -0.15) is 0 Å². The Labute approximate surface area is 144 Å². The summed E-state index contributed by atoms with van der Waals surface area (Å²) in [6.07, 6.45) is 0.859. The van der Waals surface area contributed by atoms with Gasteiger partial charge in [0.05, 0.1) is 12.8 Å². The molecule has 0 aliphatic carbocycles. The average molecular weight is 341 g/mol. The van der Waals surface area contributed by atoms with Crippen molar-refractivity contribution in [3.63, 3.8) is 0 Å². The zero-order chi connectivity index (χ0) is 16.9. The van der Waals surface area contributed by atoms with Crippen LogP contribution in [0.4, 0.5) is 6.01 Å². The van der Waals surface area contributed by atoms with Gasteiger partial charge >= 0.3 is 6.01 Å². The third-order valence-corrected chi connectivity index (χ3v) is 4.51. The van der Waals surface area contributed by atoms with Crippen LogP contribution < -0.4 is 5.32 Å². The minimum absolute atomic E-state index is 0.144. The van der Waals surface area contributed by atoms with Crippen molar-refractivity contribution in [2.24, 2.45) is 0 Å². The SMILES string of the molecule is CC(C)c1ccc(CC(=O)Nc2nnc(Cc3cccs3)o2)cc1. The van der Waals surface area contributed by atoms with E-state index in [1.807, 2.05) is 29.6 Å². The van der Waals surface area contributed by atoms with Crippen molar-refractivity contribution < 1.29 is 9.21 Å². The lowest BCUT2D eigenvalue weighted by molar-refractivity contribution is -0.115. The molecule has 0 bridgehead atoms. The smallest absolute Gasteiger partial charge is 0.322 e. The number of carbonyl (C=O) groups is 1. The van der Waals surface area contributed by atoms with E-state index >= 15 is 0 Å². The van der Waals surface area contributed by atoms with E-state index in [4.69, 9.17) is 4.42 Å². The summed E-state index contributed by atoms with van der Waals surface area (Å²) >= 11 is 1.63. The van der Waals surface area contributed by atoms with E-state index in [2.05, 4.69) is 41.5 Å². The van der Waals surface area contributed by atoms with Gasteiger partial charge in [0.2, 0.25) is 11.8 Å². The highest BCUT2D eigenvalue weighted by Gasteiger charge is 2.11. The molecule has 0 saturated heterocycles. The van der Waals surface area contributed by atoms with Gasteiger partial charge in [-0.15, -0.1) is 16.4 Å². The third-order valence-electron chi connectivity index (χ3n) is 3.63. The summed E-state index contributed by atoms with van der Waals surface area (Å²) in [4.78, 5) is 13.2. The summed E-state index contributed by atoms with van der Waals surface area (Å²) in [5.41, 5.74) is 2.21. The minimum Gasteiger partial charge on any atom is -0.407 e. The molecule has 0 aliphatic rings. The van der Waals surface area contributed by atoms with Crippen LogP contribution in [0.15, 0.2) is 46.2 Å². The maximum absolute atomic E-state index is 12.1. The first-order chi connectivity index (χ1) is 11.6. The summed E-state index contributed by atoms with van der Waals surface area (Å²) in [6.45, 7) is 4.29. The molecule has 1 N–H and O–H groups in total. The molecule has 0 aliphatic heterocycles. The Morgan fingerprint density at radius 1 is 1.21 bits per heavy atom. The Bertz CT molecular complexity index is 792. The second-order valence-corrected chi connectivity index (χ2v) is 6.91. The van der Waals surface area contributed by atoms with E-state index in [1.165, 1.54) is 5.56 Å². The highest BCUT2D eigenvalue weighted by molar-refractivity contribution is 7.09. The van der Waals surface area contributed by atoms with Crippen molar-refractivity contribution >= 4 is 23.3 Å². The van der Waals surface area contributed by atoms with Gasteiger partial charge in [-0.05, 0) is 28.5 Å². The Hall–Kier alpha value is -2.47. The molecule has 0 saturated carbocycles. The van der Waals surface area contributed by atoms with Gasteiger partial charge in [0.25, 0.3) is 0 Å². The van der Waals surface area contributed by atoms with E-state index in [9.17, 15) is 4.79 Å². The van der Waals surface area contributed by atoms with Crippen LogP contribution in [-0.2, 0) is 17.6 Å². The molecule has 3 aromatic rings. The van der Waals surface area contributed by atoms with Gasteiger partial charge in [0.15, 0.2) is 0 Å². The van der Waals surface area contributed by atoms with Crippen LogP contribution in [0.25, 0.3) is 0 Å². The molecule has 3 rings (SSSR count). The molecule has 6 heteroatoms. The lowest BCUT2D eigenvalue weighted by atomic mass is 10.0. The predicted octanol–water partition coefficient (Wildman–Crippen LogP) is 4.03. The Kier molecular flexibility index (Phi) is 5.05. The molecule has 124 valence electrons. The van der Waals surface area contributed by atoms with Crippen LogP contribution >= 0.6 is 11.3 Å². The number of anilines is 1. The Morgan fingerprint density at radius 3 is 2.67 bits per heavy atom. The fraction of sp³-hybridized carbons (Fsp3) is 0.278. The van der Waals surface area contributed by atoms with Crippen molar-refractivity contribution in [2.45, 2.75) is 32.6 Å². The molecular weight excluding hydrogens is 322 g/mol. The molecule has 1 amide bonds. The highest BCUT2D eigenvalue weighted by Crippen LogP contribution is 2.17. The Balaban J connectivity index is 1.56. The monoisotopic (exact) mass is 341 g/mol. The fourth-order valence-electron chi connectivity index (χ4n) is 2.31. The molecule has 2 heterocycles. The van der Waals surface area contributed by atoms with Crippen molar-refractivity contribution in [2.75, 3.05) is 5.32 Å². The summed E-state index contributed by atoms with van der Waals surface area (Å²) in [6, 6.07) is 12.2. The molecule has 0 radical (unpaired) electrons. The summed E-state index contributed by atoms with van der Waals surface area (Å²) in [5, 5.41) is 12.5. The number of hydrogen-bond donors (Lipinski definition) is 1. The Morgan fingerprint density at radius 2 is 2.00 bits per heavy atom. The summed E-state index contributed by atoms with van der Waals surface area (Å²) in [7, 11) is 0. The first-order valence-electron chi connectivity index (χ1n) is 7.83. The first kappa shape index (κ1) is 16.4. The van der Waals surface area contributed by atoms with Gasteiger partial charge in [-0.3, -0.25) is 10.1 Å². The van der Waals surface area contributed by atoms with E-state index in [-0.39, 0.29) is 18.3 Å². The van der Waals surface area contributed by atoms with Crippen molar-refractivity contribution in [1.82, 2.24) is 10.2 Å². The van der Waals surface area contributed by atoms with Crippen LogP contribution in [0.5, 0.6) is 0 Å². The molecular formula is C18H19N3O2S. The van der Waals surface area contributed by atoms with Crippen LogP contribution in [0.3, 0.4) is 0 Å². The van der Waals surface area contributed by atoms with Gasteiger partial charge in [-0.1, -0.05) is 49.3 Å². The van der Waals surface area contributed by atoms with Crippen LogP contribution in [-0.4, -0.2) is 16.1 Å². The van der Waals surface area contributed by atoms with Crippen LogP contribution in [0, 0.1) is 0 Å². The van der Waals surface area contributed by atoms with E-state index in [0.717, 1.165) is 10.4 Å². The van der Waals surface area contributed by atoms with Crippen molar-refractivity contribution in [3.05, 3.63) is 63.7 Å². The molecule has 0 fully saturated rings. The fourth-order valence-corrected chi connectivity index (χ4v) is 3.00. The number of rotatable bonds is 6. The van der Waals surface area contributed by atoms with Crippen molar-refractivity contribution in [3.8, 4) is 0 Å². The number of thiophene rings is 1. The zero-order valence-electron chi connectivity index (χ0n) is 13.7. The van der Waals surface area contributed by atoms with Crippen molar-refractivity contribution in [1.29, 1.82) is 0 Å². The third kappa shape index (κ3) is 4.29. The molecule has 2 aromatic heterocycles. The van der Waals surface area contributed by atoms with Gasteiger partial charge in [0, 0.05) is 4.88 Å². The normalized spacial score (nSPS) is 11.0. The number of hydrogen-bond acceptors (Lipinski definition) is 5. The van der Waals surface area contributed by atoms with E-state index in [0.29, 0.717) is 18.2 Å². The zero-order valence-corrected chi connectivity index (χ0v) is 14.5. The van der Waals surface area contributed by atoms with Crippen LogP contribution in [0.1, 0.15) is 41.7 Å². The maximum atomic E-state index is 12.1. The standard InChI is InChI=1S/C18H19N3O2S/c1-12(2)14-7-5-13(6-8-14)10-16(22)19-18-21-20-17(23-18)11-15-4-3-9-24-15/h3-9,12H,10-11H2,1-2H3,(H,19,21,22). The number of benzene rings is 1. The largest absolute Gasteiger partial charge is 0.407 e. The molecule has 5 nitrogen and oxygen atoms in total. The number of carbonyl (C=O) groups excluding carboxylic acids is 1. The molecule has 0 atom stereocenters. The quantitative estimate of drug-likeness (QED) is 0.735. The van der Waals surface area contributed by atoms with E-state index < -0.39 is 0 Å². The van der Waals surface area contributed by atoms with Crippen LogP contribution in [0.2, 0.25) is 0 Å². The maximum Gasteiger partial charge on any atom is 0.322 e. The lowest BCUT2D eigenvalue weighted by Gasteiger charge is -2.06. The molecule has 0 spiro atoms. The number of nitrogens with one attached hydrogen (secondary N) is 1. The second-order valence-electron chi connectivity index (χ2n) is 5.88. The summed E-state index contributed by atoms with van der Waals surface area (Å²) in [5.74, 6) is 0.806. The lowest BCUT2D eigenvalue weighted by Crippen LogP contribution is -2.14.